The van der Waals surface area contributed by atoms with Gasteiger partial charge in [-0.15, -0.1) is 0 Å². The number of benzene rings is 1. The van der Waals surface area contributed by atoms with Gasteiger partial charge in [-0.2, -0.15) is 0 Å². The molecular formula is C17H27ClN2. The van der Waals surface area contributed by atoms with Crippen molar-refractivity contribution >= 4 is 17.3 Å². The quantitative estimate of drug-likeness (QED) is 0.893. The molecule has 0 spiro atoms. The van der Waals surface area contributed by atoms with Gasteiger partial charge in [-0.25, -0.2) is 0 Å². The summed E-state index contributed by atoms with van der Waals surface area (Å²) in [5.41, 5.74) is 2.62. The molecule has 1 fully saturated rings. The highest BCUT2D eigenvalue weighted by atomic mass is 35.5. The van der Waals surface area contributed by atoms with Gasteiger partial charge >= 0.3 is 0 Å². The van der Waals surface area contributed by atoms with Crippen LogP contribution in [0.1, 0.15) is 40.2 Å². The molecule has 0 radical (unpaired) electrons. The van der Waals surface area contributed by atoms with E-state index in [1.54, 1.807) is 0 Å². The summed E-state index contributed by atoms with van der Waals surface area (Å²) in [6, 6.07) is 6.26. The molecule has 0 saturated carbocycles. The third-order valence-corrected chi connectivity index (χ3v) is 4.57. The van der Waals surface area contributed by atoms with Crippen LogP contribution >= 0.6 is 11.6 Å². The maximum absolute atomic E-state index is 6.44. The van der Waals surface area contributed by atoms with E-state index < -0.39 is 0 Å². The van der Waals surface area contributed by atoms with E-state index in [1.165, 1.54) is 11.3 Å². The fourth-order valence-electron chi connectivity index (χ4n) is 2.70. The van der Waals surface area contributed by atoms with Crippen molar-refractivity contribution in [1.82, 2.24) is 5.32 Å². The summed E-state index contributed by atoms with van der Waals surface area (Å²) in [5, 5.41) is 4.42. The number of nitrogens with zero attached hydrogens (tertiary/aromatic N) is 1. The first-order chi connectivity index (χ1) is 9.28. The first-order valence-electron chi connectivity index (χ1n) is 7.55. The molecule has 1 heterocycles. The standard InChI is InChI=1S/C17H27ClN2/c1-12-10-20(11-13(12)2)16-8-6-7-15(18)14(16)9-19-17(3,4)5/h6-8,12-13,19H,9-11H2,1-5H3. The number of rotatable bonds is 3. The lowest BCUT2D eigenvalue weighted by Gasteiger charge is -2.26. The van der Waals surface area contributed by atoms with Crippen LogP contribution in [0.25, 0.3) is 0 Å². The summed E-state index contributed by atoms with van der Waals surface area (Å²) in [6.45, 7) is 14.3. The highest BCUT2D eigenvalue weighted by Gasteiger charge is 2.28. The first-order valence-corrected chi connectivity index (χ1v) is 7.93. The molecule has 1 aromatic rings. The molecule has 1 saturated heterocycles. The zero-order valence-corrected chi connectivity index (χ0v) is 14.1. The van der Waals surface area contributed by atoms with Crippen LogP contribution in [0.2, 0.25) is 5.02 Å². The average Bonchev–Trinajstić information content (AvgIpc) is 2.66. The lowest BCUT2D eigenvalue weighted by Crippen LogP contribution is -2.35. The molecule has 2 nitrogen and oxygen atoms in total. The minimum atomic E-state index is 0.0992. The Morgan fingerprint density at radius 1 is 1.20 bits per heavy atom. The van der Waals surface area contributed by atoms with Gasteiger partial charge in [-0.05, 0) is 44.7 Å². The summed E-state index contributed by atoms with van der Waals surface area (Å²) in [4.78, 5) is 2.49. The van der Waals surface area contributed by atoms with Gasteiger partial charge in [0.15, 0.2) is 0 Å². The Labute approximate surface area is 128 Å². The van der Waals surface area contributed by atoms with Crippen molar-refractivity contribution in [2.75, 3.05) is 18.0 Å². The van der Waals surface area contributed by atoms with Gasteiger partial charge in [-0.3, -0.25) is 0 Å². The van der Waals surface area contributed by atoms with Gasteiger partial charge in [-0.1, -0.05) is 31.5 Å². The van der Waals surface area contributed by atoms with Crippen molar-refractivity contribution in [3.63, 3.8) is 0 Å². The van der Waals surface area contributed by atoms with E-state index >= 15 is 0 Å². The Kier molecular flexibility index (Phi) is 4.66. The van der Waals surface area contributed by atoms with Crippen molar-refractivity contribution in [3.8, 4) is 0 Å². The molecule has 1 N–H and O–H groups in total. The van der Waals surface area contributed by atoms with Crippen molar-refractivity contribution in [2.45, 2.75) is 46.7 Å². The molecule has 0 aromatic heterocycles. The van der Waals surface area contributed by atoms with Crippen molar-refractivity contribution < 1.29 is 0 Å². The van der Waals surface area contributed by atoms with Gasteiger partial charge in [0.1, 0.15) is 0 Å². The number of nitrogens with one attached hydrogen (secondary N) is 1. The summed E-state index contributed by atoms with van der Waals surface area (Å²) in [6.07, 6.45) is 0. The number of anilines is 1. The number of hydrogen-bond acceptors (Lipinski definition) is 2. The highest BCUT2D eigenvalue weighted by molar-refractivity contribution is 6.31. The minimum absolute atomic E-state index is 0.0992. The second kappa shape index (κ2) is 5.95. The van der Waals surface area contributed by atoms with E-state index in [1.807, 2.05) is 6.07 Å². The maximum Gasteiger partial charge on any atom is 0.0471 e. The molecule has 2 atom stereocenters. The van der Waals surface area contributed by atoms with E-state index in [4.69, 9.17) is 11.6 Å². The largest absolute Gasteiger partial charge is 0.371 e. The van der Waals surface area contributed by atoms with Gasteiger partial charge in [0.2, 0.25) is 0 Å². The Bertz CT molecular complexity index is 455. The fraction of sp³-hybridized carbons (Fsp3) is 0.647. The van der Waals surface area contributed by atoms with Crippen LogP contribution in [0.15, 0.2) is 18.2 Å². The predicted molar refractivity (Wildman–Crippen MR) is 88.6 cm³/mol. The lowest BCUT2D eigenvalue weighted by molar-refractivity contribution is 0.424. The summed E-state index contributed by atoms with van der Waals surface area (Å²) < 4.78 is 0. The van der Waals surface area contributed by atoms with E-state index in [9.17, 15) is 0 Å². The molecule has 2 unspecified atom stereocenters. The third-order valence-electron chi connectivity index (χ3n) is 4.22. The lowest BCUT2D eigenvalue weighted by atomic mass is 10.0. The van der Waals surface area contributed by atoms with E-state index in [-0.39, 0.29) is 5.54 Å². The molecule has 1 aromatic carbocycles. The van der Waals surface area contributed by atoms with Crippen LogP contribution in [0.3, 0.4) is 0 Å². The van der Waals surface area contributed by atoms with Crippen molar-refractivity contribution in [1.29, 1.82) is 0 Å². The van der Waals surface area contributed by atoms with Crippen molar-refractivity contribution in [2.24, 2.45) is 11.8 Å². The Hall–Kier alpha value is -0.730. The smallest absolute Gasteiger partial charge is 0.0471 e. The zero-order chi connectivity index (χ0) is 14.9. The van der Waals surface area contributed by atoms with Gasteiger partial charge < -0.3 is 10.2 Å². The maximum atomic E-state index is 6.44. The molecule has 1 aliphatic heterocycles. The molecule has 112 valence electrons. The Morgan fingerprint density at radius 3 is 2.35 bits per heavy atom. The van der Waals surface area contributed by atoms with Crippen LogP contribution < -0.4 is 10.2 Å². The SMILES string of the molecule is CC1CN(c2cccc(Cl)c2CNC(C)(C)C)CC1C. The molecule has 20 heavy (non-hydrogen) atoms. The summed E-state index contributed by atoms with van der Waals surface area (Å²) in [5.74, 6) is 1.50. The van der Waals surface area contributed by atoms with Gasteiger partial charge in [0.05, 0.1) is 0 Å². The molecule has 3 heteroatoms. The topological polar surface area (TPSA) is 15.3 Å². The molecule has 1 aliphatic rings. The summed E-state index contributed by atoms with van der Waals surface area (Å²) in [7, 11) is 0. The molecular weight excluding hydrogens is 268 g/mol. The molecule has 0 amide bonds. The number of hydrogen-bond donors (Lipinski definition) is 1. The normalized spacial score (nSPS) is 23.4. The van der Waals surface area contributed by atoms with E-state index in [2.05, 4.69) is 57.0 Å². The Balaban J connectivity index is 2.23. The van der Waals surface area contributed by atoms with Crippen LogP contribution in [0.5, 0.6) is 0 Å². The molecule has 2 rings (SSSR count). The van der Waals surface area contributed by atoms with Crippen LogP contribution in [0, 0.1) is 11.8 Å². The van der Waals surface area contributed by atoms with E-state index in [0.29, 0.717) is 0 Å². The average molecular weight is 295 g/mol. The third kappa shape index (κ3) is 3.67. The fourth-order valence-corrected chi connectivity index (χ4v) is 2.93. The molecule has 0 bridgehead atoms. The second-order valence-corrected chi connectivity index (χ2v) is 7.61. The van der Waals surface area contributed by atoms with Gasteiger partial charge in [0.25, 0.3) is 0 Å². The monoisotopic (exact) mass is 294 g/mol. The second-order valence-electron chi connectivity index (χ2n) is 7.20. The summed E-state index contributed by atoms with van der Waals surface area (Å²) >= 11 is 6.44. The zero-order valence-electron chi connectivity index (χ0n) is 13.3. The van der Waals surface area contributed by atoms with E-state index in [0.717, 1.165) is 36.5 Å². The van der Waals surface area contributed by atoms with Crippen LogP contribution in [0.4, 0.5) is 5.69 Å². The number of halogens is 1. The van der Waals surface area contributed by atoms with Crippen LogP contribution in [-0.4, -0.2) is 18.6 Å². The minimum Gasteiger partial charge on any atom is -0.371 e. The molecule has 0 aliphatic carbocycles. The highest BCUT2D eigenvalue weighted by Crippen LogP contribution is 2.33. The van der Waals surface area contributed by atoms with Crippen molar-refractivity contribution in [3.05, 3.63) is 28.8 Å². The Morgan fingerprint density at radius 2 is 1.80 bits per heavy atom. The predicted octanol–water partition coefficient (Wildman–Crippen LogP) is 4.32. The first kappa shape index (κ1) is 15.7. The van der Waals surface area contributed by atoms with Crippen LogP contribution in [-0.2, 0) is 6.54 Å². The van der Waals surface area contributed by atoms with Gasteiger partial charge in [0, 0.05) is 41.4 Å².